The molecular weight excluding hydrogens is 1000 g/mol. The number of hydrogen-bond donors (Lipinski definition) is 14. The van der Waals surface area contributed by atoms with Crippen LogP contribution in [0.2, 0.25) is 0 Å². The highest BCUT2D eigenvalue weighted by atomic mass is 16.4. The highest BCUT2D eigenvalue weighted by molar-refractivity contribution is 6.00. The molecule has 17 N–H and O–H groups in total. The van der Waals surface area contributed by atoms with Gasteiger partial charge >= 0.3 is 11.9 Å². The molecule has 0 unspecified atom stereocenters. The summed E-state index contributed by atoms with van der Waals surface area (Å²) in [7, 11) is 0. The highest BCUT2D eigenvalue weighted by Crippen LogP contribution is 2.19. The number of aliphatic hydroxyl groups excluding tert-OH is 1. The lowest BCUT2D eigenvalue weighted by atomic mass is 10.0. The fraction of sp³-hybridized carbons (Fsp3) is 0.604. The number of likely N-dealkylation sites (tertiary alicyclic amines) is 1. The van der Waals surface area contributed by atoms with Crippen LogP contribution in [0.5, 0.6) is 0 Å². The maximum atomic E-state index is 13.7. The Hall–Kier alpha value is -7.75. The molecule has 0 spiro atoms. The third-order valence-corrected chi connectivity index (χ3v) is 11.9. The van der Waals surface area contributed by atoms with Crippen molar-refractivity contribution in [2.45, 2.75) is 166 Å². The second kappa shape index (κ2) is 30.6. The van der Waals surface area contributed by atoms with Crippen LogP contribution < -0.4 is 59.7 Å². The molecule has 422 valence electrons. The van der Waals surface area contributed by atoms with E-state index in [1.807, 2.05) is 0 Å². The number of amides is 11. The first-order chi connectivity index (χ1) is 35.4. The number of hydrogen-bond acceptors (Lipinski definition) is 15. The number of carboxylic acids is 2. The van der Waals surface area contributed by atoms with Crippen molar-refractivity contribution in [3.63, 3.8) is 0 Å². The van der Waals surface area contributed by atoms with Gasteiger partial charge in [0.15, 0.2) is 0 Å². The second-order valence-corrected chi connectivity index (χ2v) is 19.4. The number of aliphatic hydroxyl groups is 1. The van der Waals surface area contributed by atoms with Crippen molar-refractivity contribution in [1.82, 2.24) is 47.4 Å². The molecule has 0 bridgehead atoms. The monoisotopic (exact) mass is 1070 g/mol. The summed E-state index contributed by atoms with van der Waals surface area (Å²) >= 11 is 0. The van der Waals surface area contributed by atoms with Gasteiger partial charge in [-0.3, -0.25) is 57.5 Å². The maximum Gasteiger partial charge on any atom is 0.326 e. The van der Waals surface area contributed by atoms with E-state index in [0.717, 1.165) is 6.92 Å². The lowest BCUT2D eigenvalue weighted by Crippen LogP contribution is -2.62. The number of nitrogens with zero attached hydrogens (tertiary/aromatic N) is 1. The van der Waals surface area contributed by atoms with E-state index in [2.05, 4.69) is 42.5 Å². The van der Waals surface area contributed by atoms with Crippen LogP contribution in [0.1, 0.15) is 99.0 Å². The van der Waals surface area contributed by atoms with Gasteiger partial charge in [-0.2, -0.15) is 0 Å². The number of carbonyl (C=O) groups excluding carboxylic acids is 11. The van der Waals surface area contributed by atoms with Gasteiger partial charge < -0.3 is 80.0 Å². The first-order valence-corrected chi connectivity index (χ1v) is 24.7. The number of rotatable bonds is 31. The van der Waals surface area contributed by atoms with Gasteiger partial charge in [-0.15, -0.1) is 0 Å². The lowest BCUT2D eigenvalue weighted by molar-refractivity contribution is -0.143. The topological polar surface area (TPSA) is 460 Å². The molecule has 1 saturated heterocycles. The summed E-state index contributed by atoms with van der Waals surface area (Å²) in [6.45, 7) is 10.4. The van der Waals surface area contributed by atoms with Crippen molar-refractivity contribution in [3.05, 3.63) is 35.9 Å². The molecule has 0 aromatic heterocycles. The minimum Gasteiger partial charge on any atom is -0.481 e. The Labute approximate surface area is 438 Å². The Morgan fingerprint density at radius 1 is 0.605 bits per heavy atom. The average Bonchev–Trinajstić information content (AvgIpc) is 3.82. The largest absolute Gasteiger partial charge is 0.481 e. The zero-order chi connectivity index (χ0) is 57.7. The van der Waals surface area contributed by atoms with Crippen LogP contribution in [-0.2, 0) is 68.7 Å². The van der Waals surface area contributed by atoms with Crippen molar-refractivity contribution < 1.29 is 77.6 Å². The smallest absolute Gasteiger partial charge is 0.326 e. The van der Waals surface area contributed by atoms with Gasteiger partial charge in [0.1, 0.15) is 54.4 Å². The molecule has 0 radical (unpaired) electrons. The van der Waals surface area contributed by atoms with Crippen molar-refractivity contribution in [2.75, 3.05) is 6.54 Å². The Balaban J connectivity index is 2.30. The Morgan fingerprint density at radius 2 is 1.09 bits per heavy atom. The van der Waals surface area contributed by atoms with E-state index >= 15 is 0 Å². The molecule has 1 aliphatic heterocycles. The molecule has 1 heterocycles. The fourth-order valence-corrected chi connectivity index (χ4v) is 7.86. The predicted molar refractivity (Wildman–Crippen MR) is 268 cm³/mol. The van der Waals surface area contributed by atoms with E-state index in [1.54, 1.807) is 58.0 Å². The summed E-state index contributed by atoms with van der Waals surface area (Å²) < 4.78 is 0. The van der Waals surface area contributed by atoms with Gasteiger partial charge in [0.05, 0.1) is 25.0 Å². The quantitative estimate of drug-likeness (QED) is 0.0332. The summed E-state index contributed by atoms with van der Waals surface area (Å²) in [6.07, 6.45) is -4.09. The van der Waals surface area contributed by atoms with E-state index in [-0.39, 0.29) is 31.7 Å². The molecule has 1 aliphatic rings. The normalized spacial score (nSPS) is 17.1. The molecule has 1 fully saturated rings. The average molecular weight is 1080 g/mol. The molecule has 0 saturated carbocycles. The van der Waals surface area contributed by atoms with Gasteiger partial charge in [-0.25, -0.2) is 4.79 Å². The van der Waals surface area contributed by atoms with Crippen LogP contribution >= 0.6 is 0 Å². The zero-order valence-electron chi connectivity index (χ0n) is 43.6. The number of benzene rings is 1. The number of primary amides is 2. The van der Waals surface area contributed by atoms with Crippen molar-refractivity contribution in [3.8, 4) is 0 Å². The van der Waals surface area contributed by atoms with Gasteiger partial charge in [-0.1, -0.05) is 58.0 Å². The lowest BCUT2D eigenvalue weighted by Gasteiger charge is -2.29. The third kappa shape index (κ3) is 21.2. The number of nitrogens with two attached hydrogens (primary N) is 3. The van der Waals surface area contributed by atoms with Crippen LogP contribution in [0.25, 0.3) is 0 Å². The molecule has 1 aromatic rings. The number of aliphatic carboxylic acids is 2. The molecule has 28 nitrogen and oxygen atoms in total. The summed E-state index contributed by atoms with van der Waals surface area (Å²) in [5, 5.41) is 48.5. The first kappa shape index (κ1) is 64.4. The van der Waals surface area contributed by atoms with Crippen LogP contribution in [0, 0.1) is 11.8 Å². The third-order valence-electron chi connectivity index (χ3n) is 11.9. The zero-order valence-corrected chi connectivity index (χ0v) is 43.6. The molecule has 11 amide bonds. The van der Waals surface area contributed by atoms with E-state index in [1.165, 1.54) is 18.7 Å². The predicted octanol–water partition coefficient (Wildman–Crippen LogP) is -4.75. The fourth-order valence-electron chi connectivity index (χ4n) is 7.86. The Kier molecular flexibility index (Phi) is 25.9. The maximum absolute atomic E-state index is 13.7. The summed E-state index contributed by atoms with van der Waals surface area (Å²) in [5.74, 6) is -14.8. The molecule has 0 aliphatic carbocycles. The van der Waals surface area contributed by atoms with Crippen molar-refractivity contribution in [2.24, 2.45) is 29.0 Å². The van der Waals surface area contributed by atoms with E-state index in [9.17, 15) is 77.6 Å². The SMILES string of the molecule is CC(C)C[C@H](NC(=O)[C@H](CCC(=O)O)NC(=O)[C@@H]1CCCN1C(=O)[C@H](C)N)C(=O)N[C@@H](C)C(=O)N[C@@H](CC(N)=O)C(=O)N[C@@H](CC(N)=O)C(=O)N[C@H](C(=O)N[C@@H](Cc1ccccc1)C(=O)N[C@H](C(=O)O)C(C)C)[C@@H](C)O. The Morgan fingerprint density at radius 3 is 1.59 bits per heavy atom. The van der Waals surface area contributed by atoms with Crippen LogP contribution in [0.15, 0.2) is 30.3 Å². The van der Waals surface area contributed by atoms with Crippen LogP contribution in [0.4, 0.5) is 0 Å². The molecule has 76 heavy (non-hydrogen) atoms. The highest BCUT2D eigenvalue weighted by Gasteiger charge is 2.39. The van der Waals surface area contributed by atoms with E-state index in [4.69, 9.17) is 17.2 Å². The van der Waals surface area contributed by atoms with E-state index in [0.29, 0.717) is 12.0 Å². The Bertz CT molecular complexity index is 2280. The van der Waals surface area contributed by atoms with E-state index < -0.39 is 175 Å². The molecule has 11 atom stereocenters. The molecule has 28 heteroatoms. The van der Waals surface area contributed by atoms with Gasteiger partial charge in [-0.05, 0) is 63.9 Å². The standard InChI is InChI=1S/C48H74N12O16/c1-22(2)18-29(55-40(67)28(15-16-36(64)65)53-45(72)33-14-11-17-60(33)47(74)24(5)49)41(68)52-25(6)39(66)54-31(20-34(50)62)42(69)56-32(21-35(51)63)44(71)59-38(26(7)61)46(73)57-30(19-27-12-9-8-10-13-27)43(70)58-37(23(3)4)48(75)76/h8-10,12-13,22-26,28-33,37-38,61H,11,14-21,49H2,1-7H3,(H2,50,62)(H2,51,63)(H,52,68)(H,53,72)(H,54,66)(H,55,67)(H,56,69)(H,57,73)(H,58,70)(H,59,71)(H,64,65)(H,75,76)/t24-,25-,26+,28-,29-,30-,31-,32-,33-,37-,38-/m0/s1. The molecule has 2 rings (SSSR count). The van der Waals surface area contributed by atoms with Gasteiger partial charge in [0.25, 0.3) is 0 Å². The van der Waals surface area contributed by atoms with Crippen molar-refractivity contribution >= 4 is 76.9 Å². The van der Waals surface area contributed by atoms with Crippen molar-refractivity contribution in [1.29, 1.82) is 0 Å². The molecular formula is C48H74N12O16. The second-order valence-electron chi connectivity index (χ2n) is 19.4. The first-order valence-electron chi connectivity index (χ1n) is 24.7. The van der Waals surface area contributed by atoms with Gasteiger partial charge in [0, 0.05) is 19.4 Å². The number of carboxylic acid groups (broad SMARTS) is 2. The van der Waals surface area contributed by atoms with Gasteiger partial charge in [0.2, 0.25) is 65.0 Å². The minimum atomic E-state index is -1.95. The summed E-state index contributed by atoms with van der Waals surface area (Å²) in [4.78, 5) is 171. The minimum absolute atomic E-state index is 0.0481. The molecule has 1 aromatic carbocycles. The summed E-state index contributed by atoms with van der Waals surface area (Å²) in [6, 6.07) is -6.68. The number of nitrogens with one attached hydrogen (secondary N) is 8. The number of carbonyl (C=O) groups is 13. The van der Waals surface area contributed by atoms with Crippen LogP contribution in [-0.4, -0.2) is 170 Å². The van der Waals surface area contributed by atoms with Crippen LogP contribution in [0.3, 0.4) is 0 Å². The summed E-state index contributed by atoms with van der Waals surface area (Å²) in [5.41, 5.74) is 17.0.